The molecular formula is C12H19N3O2. The number of nitrogens with two attached hydrogens (primary N) is 1. The van der Waals surface area contributed by atoms with E-state index in [0.717, 1.165) is 0 Å². The van der Waals surface area contributed by atoms with E-state index in [-0.39, 0.29) is 5.91 Å². The summed E-state index contributed by atoms with van der Waals surface area (Å²) in [4.78, 5) is 17.8. The molecule has 0 atom stereocenters. The van der Waals surface area contributed by atoms with Crippen molar-refractivity contribution >= 4 is 11.6 Å². The highest BCUT2D eigenvalue weighted by atomic mass is 16.5. The van der Waals surface area contributed by atoms with Crippen LogP contribution in [0, 0.1) is 0 Å². The second kappa shape index (κ2) is 6.85. The van der Waals surface area contributed by atoms with Gasteiger partial charge in [0.25, 0.3) is 5.91 Å². The maximum absolute atomic E-state index is 12.1. The fourth-order valence-electron chi connectivity index (χ4n) is 1.47. The lowest BCUT2D eigenvalue weighted by Crippen LogP contribution is -2.34. The first kappa shape index (κ1) is 13.4. The third-order valence-corrected chi connectivity index (χ3v) is 2.42. The molecule has 1 rings (SSSR count). The first-order chi connectivity index (χ1) is 8.20. The minimum atomic E-state index is -0.148. The minimum Gasteiger partial charge on any atom is -0.397 e. The molecule has 1 heterocycles. The van der Waals surface area contributed by atoms with Gasteiger partial charge in [0.2, 0.25) is 0 Å². The smallest absolute Gasteiger partial charge is 0.274 e. The van der Waals surface area contributed by atoms with Gasteiger partial charge >= 0.3 is 0 Å². The Hall–Kier alpha value is -1.62. The number of likely N-dealkylation sites (N-methyl/N-ethyl adjacent to an activating group) is 1. The highest BCUT2D eigenvalue weighted by molar-refractivity contribution is 5.97. The van der Waals surface area contributed by atoms with E-state index in [1.165, 1.54) is 0 Å². The van der Waals surface area contributed by atoms with E-state index < -0.39 is 0 Å². The molecule has 0 saturated heterocycles. The summed E-state index contributed by atoms with van der Waals surface area (Å²) in [6, 6.07) is 3.39. The van der Waals surface area contributed by atoms with Crippen LogP contribution in [0.15, 0.2) is 18.3 Å². The first-order valence-electron chi connectivity index (χ1n) is 5.78. The highest BCUT2D eigenvalue weighted by Gasteiger charge is 2.17. The van der Waals surface area contributed by atoms with Crippen molar-refractivity contribution in [2.24, 2.45) is 0 Å². The summed E-state index contributed by atoms with van der Waals surface area (Å²) in [6.07, 6.45) is 1.57. The van der Waals surface area contributed by atoms with E-state index in [1.54, 1.807) is 23.2 Å². The molecule has 0 aliphatic rings. The number of rotatable bonds is 6. The van der Waals surface area contributed by atoms with Crippen LogP contribution in [0.1, 0.15) is 24.3 Å². The van der Waals surface area contributed by atoms with Crippen molar-refractivity contribution in [1.82, 2.24) is 9.88 Å². The Morgan fingerprint density at radius 2 is 2.29 bits per heavy atom. The molecule has 0 saturated carbocycles. The van der Waals surface area contributed by atoms with Crippen LogP contribution in [0.25, 0.3) is 0 Å². The number of nitrogen functional groups attached to an aromatic ring is 1. The summed E-state index contributed by atoms with van der Waals surface area (Å²) in [5, 5.41) is 0. The molecule has 0 aliphatic heterocycles. The van der Waals surface area contributed by atoms with Crippen molar-refractivity contribution in [2.75, 3.05) is 32.0 Å². The van der Waals surface area contributed by atoms with E-state index in [4.69, 9.17) is 10.5 Å². The lowest BCUT2D eigenvalue weighted by atomic mass is 10.2. The third kappa shape index (κ3) is 3.71. The van der Waals surface area contributed by atoms with Gasteiger partial charge in [0.15, 0.2) is 5.69 Å². The van der Waals surface area contributed by atoms with Gasteiger partial charge in [0, 0.05) is 25.9 Å². The van der Waals surface area contributed by atoms with Crippen LogP contribution in [0.3, 0.4) is 0 Å². The standard InChI is InChI=1S/C12H19N3O2/c1-3-15(8-9-17-4-2)12(16)11-10(13)6-5-7-14-11/h5-7H,3-4,8-9,13H2,1-2H3. The normalized spacial score (nSPS) is 10.2. The Balaban J connectivity index is 2.69. The highest BCUT2D eigenvalue weighted by Crippen LogP contribution is 2.10. The molecule has 1 amide bonds. The quantitative estimate of drug-likeness (QED) is 0.754. The topological polar surface area (TPSA) is 68.5 Å². The molecule has 2 N–H and O–H groups in total. The summed E-state index contributed by atoms with van der Waals surface area (Å²) in [5.74, 6) is -0.148. The number of nitrogens with zero attached hydrogens (tertiary/aromatic N) is 2. The van der Waals surface area contributed by atoms with E-state index in [9.17, 15) is 4.79 Å². The van der Waals surface area contributed by atoms with Gasteiger partial charge in [-0.3, -0.25) is 4.79 Å². The maximum Gasteiger partial charge on any atom is 0.274 e. The van der Waals surface area contributed by atoms with Gasteiger partial charge in [-0.2, -0.15) is 0 Å². The predicted octanol–water partition coefficient (Wildman–Crippen LogP) is 1.16. The molecule has 0 spiro atoms. The predicted molar refractivity (Wildman–Crippen MR) is 66.7 cm³/mol. The van der Waals surface area contributed by atoms with Gasteiger partial charge in [-0.25, -0.2) is 4.98 Å². The Labute approximate surface area is 102 Å². The molecule has 1 aromatic rings. The Kier molecular flexibility index (Phi) is 5.42. The number of amides is 1. The number of carbonyl (C=O) groups excluding carboxylic acids is 1. The molecule has 94 valence electrons. The summed E-state index contributed by atoms with van der Waals surface area (Å²) in [5.41, 5.74) is 6.45. The number of pyridine rings is 1. The van der Waals surface area contributed by atoms with Crippen LogP contribution >= 0.6 is 0 Å². The molecule has 0 aliphatic carbocycles. The SMILES string of the molecule is CCOCCN(CC)C(=O)c1ncccc1N. The summed E-state index contributed by atoms with van der Waals surface area (Å²) < 4.78 is 5.24. The van der Waals surface area contributed by atoms with Crippen molar-refractivity contribution < 1.29 is 9.53 Å². The Bertz CT molecular complexity index is 369. The van der Waals surface area contributed by atoms with Gasteiger partial charge in [-0.05, 0) is 26.0 Å². The number of anilines is 1. The summed E-state index contributed by atoms with van der Waals surface area (Å²) in [7, 11) is 0. The largest absolute Gasteiger partial charge is 0.397 e. The minimum absolute atomic E-state index is 0.148. The monoisotopic (exact) mass is 237 g/mol. The molecular weight excluding hydrogens is 218 g/mol. The zero-order chi connectivity index (χ0) is 12.7. The zero-order valence-corrected chi connectivity index (χ0v) is 10.3. The van der Waals surface area contributed by atoms with E-state index in [2.05, 4.69) is 4.98 Å². The second-order valence-corrected chi connectivity index (χ2v) is 3.52. The van der Waals surface area contributed by atoms with Crippen LogP contribution in [0.4, 0.5) is 5.69 Å². The molecule has 5 nitrogen and oxygen atoms in total. The molecule has 17 heavy (non-hydrogen) atoms. The van der Waals surface area contributed by atoms with Crippen molar-refractivity contribution in [2.45, 2.75) is 13.8 Å². The summed E-state index contributed by atoms with van der Waals surface area (Å²) in [6.45, 7) is 6.19. The van der Waals surface area contributed by atoms with Crippen LogP contribution in [0.5, 0.6) is 0 Å². The number of hydrogen-bond acceptors (Lipinski definition) is 4. The van der Waals surface area contributed by atoms with Crippen LogP contribution in [-0.4, -0.2) is 42.1 Å². The average Bonchev–Trinajstić information content (AvgIpc) is 2.35. The average molecular weight is 237 g/mol. The van der Waals surface area contributed by atoms with Crippen LogP contribution in [-0.2, 0) is 4.74 Å². The van der Waals surface area contributed by atoms with Crippen molar-refractivity contribution in [3.63, 3.8) is 0 Å². The summed E-state index contributed by atoms with van der Waals surface area (Å²) >= 11 is 0. The molecule has 1 aromatic heterocycles. The number of carbonyl (C=O) groups is 1. The maximum atomic E-state index is 12.1. The van der Waals surface area contributed by atoms with Crippen molar-refractivity contribution in [3.05, 3.63) is 24.0 Å². The van der Waals surface area contributed by atoms with Crippen molar-refractivity contribution in [1.29, 1.82) is 0 Å². The molecule has 0 unspecified atom stereocenters. The van der Waals surface area contributed by atoms with E-state index in [0.29, 0.717) is 37.7 Å². The Morgan fingerprint density at radius 3 is 2.88 bits per heavy atom. The molecule has 0 bridgehead atoms. The third-order valence-electron chi connectivity index (χ3n) is 2.42. The van der Waals surface area contributed by atoms with E-state index >= 15 is 0 Å². The number of ether oxygens (including phenoxy) is 1. The lowest BCUT2D eigenvalue weighted by molar-refractivity contribution is 0.0665. The van der Waals surface area contributed by atoms with Gasteiger partial charge in [0.1, 0.15) is 0 Å². The fraction of sp³-hybridized carbons (Fsp3) is 0.500. The van der Waals surface area contributed by atoms with Gasteiger partial charge in [0.05, 0.1) is 12.3 Å². The molecule has 5 heteroatoms. The van der Waals surface area contributed by atoms with Gasteiger partial charge < -0.3 is 15.4 Å². The van der Waals surface area contributed by atoms with Crippen LogP contribution < -0.4 is 5.73 Å². The molecule has 0 aromatic carbocycles. The first-order valence-corrected chi connectivity index (χ1v) is 5.78. The van der Waals surface area contributed by atoms with Crippen molar-refractivity contribution in [3.8, 4) is 0 Å². The lowest BCUT2D eigenvalue weighted by Gasteiger charge is -2.20. The molecule has 0 fully saturated rings. The fourth-order valence-corrected chi connectivity index (χ4v) is 1.47. The van der Waals surface area contributed by atoms with Gasteiger partial charge in [-0.15, -0.1) is 0 Å². The van der Waals surface area contributed by atoms with Crippen LogP contribution in [0.2, 0.25) is 0 Å². The Morgan fingerprint density at radius 1 is 1.53 bits per heavy atom. The number of hydrogen-bond donors (Lipinski definition) is 1. The second-order valence-electron chi connectivity index (χ2n) is 3.52. The van der Waals surface area contributed by atoms with Gasteiger partial charge in [-0.1, -0.05) is 0 Å². The van der Waals surface area contributed by atoms with E-state index in [1.807, 2.05) is 13.8 Å². The molecule has 0 radical (unpaired) electrons. The zero-order valence-electron chi connectivity index (χ0n) is 10.3. The number of aromatic nitrogens is 1.